The van der Waals surface area contributed by atoms with Crippen molar-refractivity contribution >= 4 is 15.9 Å². The van der Waals surface area contributed by atoms with Crippen LogP contribution in [0.2, 0.25) is 0 Å². The molecule has 4 nitrogen and oxygen atoms in total. The molecule has 0 bridgehead atoms. The number of ether oxygens (including phenoxy) is 2. The molecular formula is C14H20BrNO3. The van der Waals surface area contributed by atoms with Crippen LogP contribution in [0, 0.1) is 0 Å². The first-order valence-electron chi connectivity index (χ1n) is 6.53. The smallest absolute Gasteiger partial charge is 0.203 e. The van der Waals surface area contributed by atoms with Crippen molar-refractivity contribution < 1.29 is 14.6 Å². The van der Waals surface area contributed by atoms with E-state index in [0.717, 1.165) is 29.4 Å². The lowest BCUT2D eigenvalue weighted by Crippen LogP contribution is -2.35. The van der Waals surface area contributed by atoms with Crippen molar-refractivity contribution in [3.05, 3.63) is 16.1 Å². The van der Waals surface area contributed by atoms with Gasteiger partial charge in [0.25, 0.3) is 0 Å². The standard InChI is InChI=1S/C14H20BrNO3/c1-18-12-8-11(15)10(13(17)14(12)19-2)7-9-5-3-4-6-16-9/h8-9,16-17H,3-7H2,1-2H3. The SMILES string of the molecule is COc1cc(Br)c(CC2CCCCN2)c(O)c1OC. The molecule has 1 atom stereocenters. The molecule has 106 valence electrons. The first-order valence-corrected chi connectivity index (χ1v) is 7.32. The number of methoxy groups -OCH3 is 2. The minimum Gasteiger partial charge on any atom is -0.504 e. The molecule has 0 aliphatic carbocycles. The molecule has 0 saturated carbocycles. The Hall–Kier alpha value is -0.940. The lowest BCUT2D eigenvalue weighted by Gasteiger charge is -2.25. The maximum absolute atomic E-state index is 10.3. The van der Waals surface area contributed by atoms with Crippen molar-refractivity contribution in [3.8, 4) is 17.2 Å². The maximum atomic E-state index is 10.3. The van der Waals surface area contributed by atoms with Crippen LogP contribution in [0.15, 0.2) is 10.5 Å². The van der Waals surface area contributed by atoms with Crippen LogP contribution >= 0.6 is 15.9 Å². The molecule has 0 spiro atoms. The van der Waals surface area contributed by atoms with Gasteiger partial charge in [0.1, 0.15) is 0 Å². The van der Waals surface area contributed by atoms with Crippen molar-refractivity contribution in [3.63, 3.8) is 0 Å². The van der Waals surface area contributed by atoms with Crippen molar-refractivity contribution in [1.82, 2.24) is 5.32 Å². The summed E-state index contributed by atoms with van der Waals surface area (Å²) in [5.74, 6) is 1.10. The molecule has 1 fully saturated rings. The third kappa shape index (κ3) is 3.15. The van der Waals surface area contributed by atoms with E-state index in [-0.39, 0.29) is 5.75 Å². The molecule has 1 unspecified atom stereocenters. The van der Waals surface area contributed by atoms with Crippen LogP contribution in [-0.4, -0.2) is 31.9 Å². The van der Waals surface area contributed by atoms with Crippen molar-refractivity contribution in [1.29, 1.82) is 0 Å². The Kier molecular flexibility index (Phi) is 4.93. The Labute approximate surface area is 122 Å². The average molecular weight is 330 g/mol. The molecule has 1 aliphatic rings. The fourth-order valence-electron chi connectivity index (χ4n) is 2.52. The van der Waals surface area contributed by atoms with E-state index in [4.69, 9.17) is 9.47 Å². The number of hydrogen-bond acceptors (Lipinski definition) is 4. The van der Waals surface area contributed by atoms with E-state index in [2.05, 4.69) is 21.2 Å². The Morgan fingerprint density at radius 2 is 2.16 bits per heavy atom. The summed E-state index contributed by atoms with van der Waals surface area (Å²) in [5, 5.41) is 13.8. The summed E-state index contributed by atoms with van der Waals surface area (Å²) in [4.78, 5) is 0. The van der Waals surface area contributed by atoms with Gasteiger partial charge in [-0.2, -0.15) is 0 Å². The number of benzene rings is 1. The average Bonchev–Trinajstić information content (AvgIpc) is 2.44. The molecule has 5 heteroatoms. The van der Waals surface area contributed by atoms with Gasteiger partial charge < -0.3 is 19.9 Å². The minimum absolute atomic E-state index is 0.168. The van der Waals surface area contributed by atoms with Crippen molar-refractivity contribution in [2.75, 3.05) is 20.8 Å². The molecule has 1 aliphatic heterocycles. The summed E-state index contributed by atoms with van der Waals surface area (Å²) in [6.07, 6.45) is 4.39. The molecular weight excluding hydrogens is 310 g/mol. The normalized spacial score (nSPS) is 19.2. The van der Waals surface area contributed by atoms with E-state index in [1.54, 1.807) is 7.11 Å². The van der Waals surface area contributed by atoms with Crippen LogP contribution < -0.4 is 14.8 Å². The Bertz CT molecular complexity index is 445. The molecule has 0 amide bonds. The van der Waals surface area contributed by atoms with Gasteiger partial charge in [0.05, 0.1) is 14.2 Å². The van der Waals surface area contributed by atoms with E-state index in [1.165, 1.54) is 20.0 Å². The molecule has 1 aromatic carbocycles. The second kappa shape index (κ2) is 6.48. The predicted octanol–water partition coefficient (Wildman–Crippen LogP) is 2.86. The summed E-state index contributed by atoms with van der Waals surface area (Å²) >= 11 is 3.51. The fraction of sp³-hybridized carbons (Fsp3) is 0.571. The van der Waals surface area contributed by atoms with E-state index in [1.807, 2.05) is 6.07 Å². The summed E-state index contributed by atoms with van der Waals surface area (Å²) in [6.45, 7) is 1.05. The monoisotopic (exact) mass is 329 g/mol. The molecule has 1 heterocycles. The van der Waals surface area contributed by atoms with E-state index in [0.29, 0.717) is 17.5 Å². The van der Waals surface area contributed by atoms with Gasteiger partial charge in [0.2, 0.25) is 5.75 Å². The van der Waals surface area contributed by atoms with E-state index in [9.17, 15) is 5.11 Å². The minimum atomic E-state index is 0.168. The number of nitrogens with one attached hydrogen (secondary N) is 1. The number of halogens is 1. The number of phenols is 1. The zero-order valence-corrected chi connectivity index (χ0v) is 12.9. The highest BCUT2D eigenvalue weighted by molar-refractivity contribution is 9.10. The number of hydrogen-bond donors (Lipinski definition) is 2. The molecule has 2 rings (SSSR count). The molecule has 1 aromatic rings. The second-order valence-electron chi connectivity index (χ2n) is 4.77. The van der Waals surface area contributed by atoms with E-state index < -0.39 is 0 Å². The van der Waals surface area contributed by atoms with Gasteiger partial charge in [0.15, 0.2) is 11.5 Å². The Balaban J connectivity index is 2.28. The number of phenolic OH excluding ortho intramolecular Hbond substituents is 1. The van der Waals surface area contributed by atoms with Crippen LogP contribution in [0.1, 0.15) is 24.8 Å². The zero-order chi connectivity index (χ0) is 13.8. The molecule has 0 radical (unpaired) electrons. The second-order valence-corrected chi connectivity index (χ2v) is 5.63. The Morgan fingerprint density at radius 1 is 1.37 bits per heavy atom. The highest BCUT2D eigenvalue weighted by Crippen LogP contribution is 2.43. The van der Waals surface area contributed by atoms with Gasteiger partial charge >= 0.3 is 0 Å². The van der Waals surface area contributed by atoms with Crippen LogP contribution in [0.4, 0.5) is 0 Å². The summed E-state index contributed by atoms with van der Waals surface area (Å²) < 4.78 is 11.3. The Morgan fingerprint density at radius 3 is 2.74 bits per heavy atom. The predicted molar refractivity (Wildman–Crippen MR) is 78.3 cm³/mol. The van der Waals surface area contributed by atoms with Crippen LogP contribution in [0.25, 0.3) is 0 Å². The number of rotatable bonds is 4. The third-order valence-electron chi connectivity index (χ3n) is 3.56. The lowest BCUT2D eigenvalue weighted by molar-refractivity contribution is 0.328. The molecule has 2 N–H and O–H groups in total. The van der Waals surface area contributed by atoms with Crippen molar-refractivity contribution in [2.45, 2.75) is 31.7 Å². The summed E-state index contributed by atoms with van der Waals surface area (Å²) in [5.41, 5.74) is 0.872. The summed E-state index contributed by atoms with van der Waals surface area (Å²) in [7, 11) is 3.10. The zero-order valence-electron chi connectivity index (χ0n) is 11.3. The van der Waals surface area contributed by atoms with Gasteiger partial charge in [-0.1, -0.05) is 22.4 Å². The first kappa shape index (κ1) is 14.5. The molecule has 1 saturated heterocycles. The topological polar surface area (TPSA) is 50.7 Å². The van der Waals surface area contributed by atoms with Gasteiger partial charge in [-0.25, -0.2) is 0 Å². The number of aromatic hydroxyl groups is 1. The highest BCUT2D eigenvalue weighted by atomic mass is 79.9. The lowest BCUT2D eigenvalue weighted by atomic mass is 9.97. The summed E-state index contributed by atoms with van der Waals surface area (Å²) in [6, 6.07) is 2.26. The highest BCUT2D eigenvalue weighted by Gasteiger charge is 2.21. The molecule has 0 aromatic heterocycles. The van der Waals surface area contributed by atoms with Gasteiger partial charge in [-0.05, 0) is 31.9 Å². The largest absolute Gasteiger partial charge is 0.504 e. The molecule has 19 heavy (non-hydrogen) atoms. The van der Waals surface area contributed by atoms with Crippen LogP contribution in [0.5, 0.6) is 17.2 Å². The van der Waals surface area contributed by atoms with Crippen molar-refractivity contribution in [2.24, 2.45) is 0 Å². The van der Waals surface area contributed by atoms with E-state index >= 15 is 0 Å². The van der Waals surface area contributed by atoms with Gasteiger partial charge in [-0.3, -0.25) is 0 Å². The van der Waals surface area contributed by atoms with Crippen LogP contribution in [0.3, 0.4) is 0 Å². The quantitative estimate of drug-likeness (QED) is 0.891. The third-order valence-corrected chi connectivity index (χ3v) is 4.27. The van der Waals surface area contributed by atoms with Gasteiger partial charge in [-0.15, -0.1) is 0 Å². The van der Waals surface area contributed by atoms with Gasteiger partial charge in [0, 0.05) is 16.1 Å². The maximum Gasteiger partial charge on any atom is 0.203 e. The van der Waals surface area contributed by atoms with Crippen LogP contribution in [-0.2, 0) is 6.42 Å². The number of piperidine rings is 1. The fourth-order valence-corrected chi connectivity index (χ4v) is 3.08. The first-order chi connectivity index (χ1) is 9.17.